The molecule has 2 saturated heterocycles. The van der Waals surface area contributed by atoms with Crippen LogP contribution < -0.4 is 80.6 Å². The Balaban J connectivity index is 1.10. The number of rotatable bonds is 42. The number of pyridine rings is 1. The van der Waals surface area contributed by atoms with E-state index < -0.39 is 176 Å². The number of aromatic nitrogens is 1. The van der Waals surface area contributed by atoms with Crippen LogP contribution in [0.4, 0.5) is 21.0 Å². The van der Waals surface area contributed by atoms with E-state index in [2.05, 4.69) is 74.1 Å². The topological polar surface area (TPSA) is 504 Å². The molecule has 0 radical (unpaired) electrons. The molecule has 2 fully saturated rings. The molecule has 0 saturated carbocycles. The molecule has 8 rings (SSSR count). The average Bonchev–Trinajstić information content (AvgIpc) is 1.81. The predicted molar refractivity (Wildman–Crippen MR) is 434 cm³/mol. The zero-order valence-electron chi connectivity index (χ0n) is 65.8. The van der Waals surface area contributed by atoms with Crippen molar-refractivity contribution in [1.82, 2.24) is 73.3 Å². The second-order valence-electron chi connectivity index (χ2n) is 29.6. The van der Waals surface area contributed by atoms with Crippen LogP contribution in [0.15, 0.2) is 140 Å². The van der Waals surface area contributed by atoms with Crippen LogP contribution in [-0.4, -0.2) is 208 Å². The van der Waals surface area contributed by atoms with E-state index in [1.165, 1.54) is 77.6 Å². The van der Waals surface area contributed by atoms with Crippen LogP contribution in [0.3, 0.4) is 0 Å². The third-order valence-corrected chi connectivity index (χ3v) is 19.6. The van der Waals surface area contributed by atoms with Crippen molar-refractivity contribution in [3.8, 4) is 0 Å². The van der Waals surface area contributed by atoms with Gasteiger partial charge in [-0.05, 0) is 132 Å². The second kappa shape index (κ2) is 44.4. The maximum Gasteiger partial charge on any atom is 0.322 e. The van der Waals surface area contributed by atoms with Crippen molar-refractivity contribution in [3.63, 3.8) is 0 Å². The fourth-order valence-corrected chi connectivity index (χ4v) is 13.7. The molecule has 34 nitrogen and oxygen atoms in total. The van der Waals surface area contributed by atoms with Crippen LogP contribution in [0.2, 0.25) is 5.02 Å². The molecule has 6 aromatic rings. The van der Waals surface area contributed by atoms with E-state index in [0.29, 0.717) is 58.6 Å². The van der Waals surface area contributed by atoms with Gasteiger partial charge in [0.05, 0.1) is 19.5 Å². The summed E-state index contributed by atoms with van der Waals surface area (Å²) in [5.41, 5.74) is 13.5. The van der Waals surface area contributed by atoms with Crippen LogP contribution in [0.5, 0.6) is 0 Å². The second-order valence-corrected chi connectivity index (χ2v) is 30.0. The first-order valence-electron chi connectivity index (χ1n) is 38.7. The number of primary amides is 2. The minimum atomic E-state index is -1.71. The highest BCUT2D eigenvalue weighted by Gasteiger charge is 2.42. The lowest BCUT2D eigenvalue weighted by molar-refractivity contribution is -0.149. The fraction of sp³-hybridized carbons (Fsp3) is 0.415. The molecular formula is C82H103ClN18O16. The molecule has 0 unspecified atom stereocenters. The third kappa shape index (κ3) is 28.8. The van der Waals surface area contributed by atoms with Gasteiger partial charge in [-0.25, -0.2) is 9.59 Å². The van der Waals surface area contributed by atoms with Gasteiger partial charge in [-0.15, -0.1) is 0 Å². The van der Waals surface area contributed by atoms with E-state index in [-0.39, 0.29) is 81.4 Å². The van der Waals surface area contributed by atoms with Gasteiger partial charge in [0.1, 0.15) is 54.4 Å². The number of hydrogen-bond acceptors (Lipinski definition) is 18. The first-order chi connectivity index (χ1) is 55.9. The molecule has 1 aromatic heterocycles. The number of halogens is 1. The lowest BCUT2D eigenvalue weighted by Gasteiger charge is -2.36. The van der Waals surface area contributed by atoms with Gasteiger partial charge in [-0.3, -0.25) is 72.6 Å². The summed E-state index contributed by atoms with van der Waals surface area (Å²) < 4.78 is 0. The molecule has 0 aliphatic carbocycles. The quantitative estimate of drug-likeness (QED) is 0.0241. The molecule has 5 aromatic carbocycles. The Bertz CT molecular complexity index is 4500. The molecule has 35 heteroatoms. The van der Waals surface area contributed by atoms with Crippen molar-refractivity contribution < 1.29 is 77.0 Å². The van der Waals surface area contributed by atoms with Crippen molar-refractivity contribution >= 4 is 123 Å². The van der Waals surface area contributed by atoms with Crippen LogP contribution >= 0.6 is 11.6 Å². The number of hydrogen-bond donors (Lipinski definition) is 16. The van der Waals surface area contributed by atoms with E-state index in [4.69, 9.17) is 23.1 Å². The zero-order chi connectivity index (χ0) is 84.8. The highest BCUT2D eigenvalue weighted by atomic mass is 35.5. The number of nitrogens with one attached hydrogen (secondary N) is 13. The summed E-state index contributed by atoms with van der Waals surface area (Å²) in [4.78, 5) is 215. The Morgan fingerprint density at radius 2 is 1.11 bits per heavy atom. The van der Waals surface area contributed by atoms with Gasteiger partial charge in [0.2, 0.25) is 76.8 Å². The number of urea groups is 2. The Morgan fingerprint density at radius 3 is 1.65 bits per heavy atom. The van der Waals surface area contributed by atoms with Crippen LogP contribution in [0.25, 0.3) is 10.8 Å². The van der Waals surface area contributed by atoms with Crippen molar-refractivity contribution in [3.05, 3.63) is 173 Å². The number of aliphatic hydroxyl groups excluding tert-OH is 1. The van der Waals surface area contributed by atoms with Gasteiger partial charge in [0.25, 0.3) is 0 Å². The monoisotopic (exact) mass is 1630 g/mol. The number of unbranched alkanes of at least 4 members (excludes halogenated alkanes) is 1. The number of nitrogens with two attached hydrogens (primary N) is 2. The normalized spacial score (nSPS) is 15.6. The number of aliphatic hydroxyl groups is 1. The SMILES string of the molecule is CC(=O)N[C@H](Cc1ccc2ccccc2c1)C(=O)N[C@H](Cc1ccc(Cl)cc1)C(=O)N[C@H](Cc1cccnc1)C(=O)N[C@@H](CCO)C(=O)N[C@@H](Cc1ccc(NC(=O)[C@@H]2CC(=O)NC(=O)N2)cc1)C(=O)N[C@H](Cc1ccc(NC(N)=O)cc1)C(=O)NCC(=O)N(CC(C)C)[C@@H](CCCCNC(C)C)C(=O)N1CCC[C@H]1C(=O)NCC(N)=O. The van der Waals surface area contributed by atoms with Gasteiger partial charge in [0.15, 0.2) is 0 Å². The molecule has 624 valence electrons. The maximum atomic E-state index is 15.4. The summed E-state index contributed by atoms with van der Waals surface area (Å²) in [5.74, 6) is -10.5. The Hall–Kier alpha value is -12.4. The summed E-state index contributed by atoms with van der Waals surface area (Å²) in [6.07, 6.45) is 2.79. The summed E-state index contributed by atoms with van der Waals surface area (Å²) in [5, 5.41) is 47.2. The van der Waals surface area contributed by atoms with E-state index in [1.807, 2.05) is 70.2 Å². The molecule has 117 heavy (non-hydrogen) atoms. The molecule has 0 bridgehead atoms. The Labute approximate surface area is 681 Å². The van der Waals surface area contributed by atoms with Crippen LogP contribution in [0.1, 0.15) is 107 Å². The lowest BCUT2D eigenvalue weighted by Crippen LogP contribution is -2.61. The highest BCUT2D eigenvalue weighted by Crippen LogP contribution is 2.25. The first kappa shape index (κ1) is 90.1. The van der Waals surface area contributed by atoms with Crippen LogP contribution in [-0.2, 0) is 94.4 Å². The number of fused-ring (bicyclic) bond motifs is 1. The van der Waals surface area contributed by atoms with Gasteiger partial charge in [0, 0.05) is 93.6 Å². The Kier molecular flexibility index (Phi) is 34.2. The minimum absolute atomic E-state index is 0.00898. The van der Waals surface area contributed by atoms with Crippen molar-refractivity contribution in [2.45, 2.75) is 172 Å². The molecule has 17 amide bonds. The smallest absolute Gasteiger partial charge is 0.322 e. The summed E-state index contributed by atoms with van der Waals surface area (Å²) in [6.45, 7) is 7.68. The first-order valence-corrected chi connectivity index (χ1v) is 39.1. The molecule has 2 aliphatic rings. The zero-order valence-corrected chi connectivity index (χ0v) is 66.6. The summed E-state index contributed by atoms with van der Waals surface area (Å²) in [6, 6.07) is 20.4. The molecule has 0 spiro atoms. The van der Waals surface area contributed by atoms with E-state index >= 15 is 24.0 Å². The predicted octanol–water partition coefficient (Wildman–Crippen LogP) is 1.47. The van der Waals surface area contributed by atoms with Gasteiger partial charge in [-0.1, -0.05) is 124 Å². The Morgan fingerprint density at radius 1 is 0.581 bits per heavy atom. The maximum absolute atomic E-state index is 15.4. The van der Waals surface area contributed by atoms with Crippen molar-refractivity contribution in [2.24, 2.45) is 17.4 Å². The summed E-state index contributed by atoms with van der Waals surface area (Å²) >= 11 is 6.28. The number of carbonyl (C=O) groups is 15. The van der Waals surface area contributed by atoms with E-state index in [9.17, 15) is 53.1 Å². The number of anilines is 2. The molecular weight excluding hydrogens is 1530 g/mol. The van der Waals surface area contributed by atoms with Crippen molar-refractivity contribution in [1.29, 1.82) is 0 Å². The number of amides is 17. The number of nitrogens with zero attached hydrogens (tertiary/aromatic N) is 3. The largest absolute Gasteiger partial charge is 0.396 e. The number of carbonyl (C=O) groups excluding carboxylic acids is 15. The average molecular weight is 1630 g/mol. The highest BCUT2D eigenvalue weighted by molar-refractivity contribution is 6.30. The summed E-state index contributed by atoms with van der Waals surface area (Å²) in [7, 11) is 0. The minimum Gasteiger partial charge on any atom is -0.396 e. The van der Waals surface area contributed by atoms with E-state index in [1.54, 1.807) is 36.4 Å². The number of imide groups is 1. The molecule has 9 atom stereocenters. The van der Waals surface area contributed by atoms with Crippen LogP contribution in [0, 0.1) is 5.92 Å². The fourth-order valence-electron chi connectivity index (χ4n) is 13.6. The lowest BCUT2D eigenvalue weighted by atomic mass is 9.99. The molecule has 3 heterocycles. The van der Waals surface area contributed by atoms with Gasteiger partial charge < -0.3 is 90.2 Å². The van der Waals surface area contributed by atoms with E-state index in [0.717, 1.165) is 10.8 Å². The number of benzene rings is 5. The molecule has 18 N–H and O–H groups in total. The van der Waals surface area contributed by atoms with Crippen molar-refractivity contribution in [2.75, 3.05) is 50.0 Å². The molecule has 2 aliphatic heterocycles. The third-order valence-electron chi connectivity index (χ3n) is 19.3. The number of likely N-dealkylation sites (tertiary alicyclic amines) is 1. The standard InChI is InChI=1S/C82H103ClN18O16/c1-47(2)46-101(68(15-8-9-33-87-48(3)4)80(115)100-34-11-16-67(100)79(114)88-44-69(84)104)71(106)45-89-72(107)61(37-51-22-29-59(30-23-51)92-81(85)116)94-77(112)63(39-52-20-27-58(28-21-52)91-74(109)66-42-70(105)99-82(117)98-66)95-73(108)60(31-35-102)93-76(111)65(41-54-12-10-32-86-43-54)97-78(113)64(38-50-18-25-57(83)26-19-50)96-75(110)62(90-49(5)103)40-53-17-24-55-13-6-7-14-56(55)36-53/h6-7,10,12-14,17-30,32,36,43,47-48,60-68,87,102H,8-9,11,15-16,31,33-35,37-42,44-46H2,1-5H3,(H2,84,104)(H,88,114)(H,89,107)(H,90,103)(H,91,109)(H,93,111)(H,94,112)(H,95,108)(H,96,110)(H,97,113)(H3,85,92,116)(H2,98,99,105,117)/t60-,61+,62+,63-,64+,65+,66-,67-,68-/m0/s1. The van der Waals surface area contributed by atoms with Gasteiger partial charge in [-0.2, -0.15) is 0 Å². The van der Waals surface area contributed by atoms with Gasteiger partial charge >= 0.3 is 12.1 Å².